The third kappa shape index (κ3) is 4.24. The van der Waals surface area contributed by atoms with Crippen LogP contribution in [-0.2, 0) is 24.2 Å². The number of aromatic nitrogens is 3. The molecule has 1 saturated heterocycles. The highest BCUT2D eigenvalue weighted by atomic mass is 19.1. The van der Waals surface area contributed by atoms with Crippen LogP contribution < -0.4 is 0 Å². The molecule has 0 aliphatic carbocycles. The molecule has 2 aliphatic rings. The third-order valence-corrected chi connectivity index (χ3v) is 5.96. The predicted molar refractivity (Wildman–Crippen MR) is 104 cm³/mol. The summed E-state index contributed by atoms with van der Waals surface area (Å²) in [5.41, 5.74) is 0.996. The summed E-state index contributed by atoms with van der Waals surface area (Å²) in [6.45, 7) is 4.46. The minimum atomic E-state index is -0.243. The average molecular weight is 385 g/mol. The smallest absolute Gasteiger partial charge is 0.222 e. The number of likely N-dealkylation sites (tertiary alicyclic amines) is 1. The zero-order chi connectivity index (χ0) is 19.5. The second-order valence-corrected chi connectivity index (χ2v) is 7.98. The van der Waals surface area contributed by atoms with Crippen LogP contribution in [0.5, 0.6) is 0 Å². The SMILES string of the molecule is CN1CCc2nnc(C3CCCN(C(=O)CCc4ccc(F)cc4)C3)n2CC1. The van der Waals surface area contributed by atoms with Crippen molar-refractivity contribution in [2.75, 3.05) is 33.2 Å². The molecule has 3 heterocycles. The molecule has 28 heavy (non-hydrogen) atoms. The number of carbonyl (C=O) groups excluding carboxylic acids is 1. The van der Waals surface area contributed by atoms with E-state index in [1.165, 1.54) is 12.1 Å². The molecule has 150 valence electrons. The number of likely N-dealkylation sites (N-methyl/N-ethyl adjacent to an activating group) is 1. The molecule has 0 saturated carbocycles. The number of amides is 1. The van der Waals surface area contributed by atoms with Crippen molar-refractivity contribution in [2.24, 2.45) is 0 Å². The van der Waals surface area contributed by atoms with Gasteiger partial charge in [0.05, 0.1) is 0 Å². The van der Waals surface area contributed by atoms with Crippen molar-refractivity contribution in [3.05, 3.63) is 47.3 Å². The molecule has 1 unspecified atom stereocenters. The number of hydrogen-bond donors (Lipinski definition) is 0. The molecule has 2 aromatic rings. The lowest BCUT2D eigenvalue weighted by Crippen LogP contribution is -2.40. The molecular formula is C21H28FN5O. The summed E-state index contributed by atoms with van der Waals surface area (Å²) < 4.78 is 15.3. The van der Waals surface area contributed by atoms with Crippen LogP contribution in [0.4, 0.5) is 4.39 Å². The van der Waals surface area contributed by atoms with E-state index in [2.05, 4.69) is 26.7 Å². The van der Waals surface area contributed by atoms with Gasteiger partial charge in [-0.1, -0.05) is 12.1 Å². The molecule has 2 aliphatic heterocycles. The number of fused-ring (bicyclic) bond motifs is 1. The Balaban J connectivity index is 1.38. The molecule has 1 amide bonds. The highest BCUT2D eigenvalue weighted by Crippen LogP contribution is 2.27. The maximum atomic E-state index is 13.0. The Morgan fingerprint density at radius 1 is 1.14 bits per heavy atom. The van der Waals surface area contributed by atoms with E-state index in [1.807, 2.05) is 4.90 Å². The predicted octanol–water partition coefficient (Wildman–Crippen LogP) is 2.24. The number of piperidine rings is 1. The minimum absolute atomic E-state index is 0.171. The topological polar surface area (TPSA) is 54.3 Å². The largest absolute Gasteiger partial charge is 0.342 e. The maximum Gasteiger partial charge on any atom is 0.222 e. The number of halogens is 1. The minimum Gasteiger partial charge on any atom is -0.342 e. The highest BCUT2D eigenvalue weighted by molar-refractivity contribution is 5.76. The summed E-state index contributed by atoms with van der Waals surface area (Å²) in [6.07, 6.45) is 4.08. The Labute approximate surface area is 165 Å². The van der Waals surface area contributed by atoms with Gasteiger partial charge < -0.3 is 14.4 Å². The number of benzene rings is 1. The van der Waals surface area contributed by atoms with E-state index in [9.17, 15) is 9.18 Å². The van der Waals surface area contributed by atoms with E-state index in [4.69, 9.17) is 0 Å². The Morgan fingerprint density at radius 2 is 1.96 bits per heavy atom. The van der Waals surface area contributed by atoms with Crippen LogP contribution in [0.25, 0.3) is 0 Å². The van der Waals surface area contributed by atoms with Crippen molar-refractivity contribution in [3.63, 3.8) is 0 Å². The van der Waals surface area contributed by atoms with Gasteiger partial charge >= 0.3 is 0 Å². The number of nitrogens with zero attached hydrogens (tertiary/aromatic N) is 5. The van der Waals surface area contributed by atoms with Crippen LogP contribution in [0.2, 0.25) is 0 Å². The fourth-order valence-electron chi connectivity index (χ4n) is 4.23. The van der Waals surface area contributed by atoms with Crippen LogP contribution in [-0.4, -0.2) is 63.7 Å². The second kappa shape index (κ2) is 8.39. The molecular weight excluding hydrogens is 357 g/mol. The fraction of sp³-hybridized carbons (Fsp3) is 0.571. The second-order valence-electron chi connectivity index (χ2n) is 7.98. The van der Waals surface area contributed by atoms with E-state index in [-0.39, 0.29) is 17.6 Å². The molecule has 0 bridgehead atoms. The van der Waals surface area contributed by atoms with Gasteiger partial charge in [0, 0.05) is 51.5 Å². The molecule has 7 heteroatoms. The molecule has 0 spiro atoms. The molecule has 4 rings (SSSR count). The van der Waals surface area contributed by atoms with Gasteiger partial charge in [0.1, 0.15) is 17.5 Å². The lowest BCUT2D eigenvalue weighted by atomic mass is 9.96. The number of rotatable bonds is 4. The Kier molecular flexibility index (Phi) is 5.71. The van der Waals surface area contributed by atoms with E-state index in [0.29, 0.717) is 12.8 Å². The first-order valence-electron chi connectivity index (χ1n) is 10.2. The molecule has 6 nitrogen and oxygen atoms in total. The molecule has 0 radical (unpaired) electrons. The Hall–Kier alpha value is -2.28. The first-order valence-corrected chi connectivity index (χ1v) is 10.2. The number of hydrogen-bond acceptors (Lipinski definition) is 4. The van der Waals surface area contributed by atoms with E-state index < -0.39 is 0 Å². The first kappa shape index (κ1) is 19.1. The summed E-state index contributed by atoms with van der Waals surface area (Å²) >= 11 is 0. The van der Waals surface area contributed by atoms with Gasteiger partial charge in [-0.05, 0) is 44.0 Å². The normalized spacial score (nSPS) is 20.6. The molecule has 0 N–H and O–H groups in total. The van der Waals surface area contributed by atoms with Gasteiger partial charge in [-0.25, -0.2) is 4.39 Å². The van der Waals surface area contributed by atoms with Gasteiger partial charge in [0.15, 0.2) is 0 Å². The lowest BCUT2D eigenvalue weighted by Gasteiger charge is -2.32. The van der Waals surface area contributed by atoms with Gasteiger partial charge in [-0.15, -0.1) is 10.2 Å². The molecule has 1 fully saturated rings. The number of carbonyl (C=O) groups is 1. The van der Waals surface area contributed by atoms with Crippen molar-refractivity contribution in [1.82, 2.24) is 24.6 Å². The molecule has 1 aromatic carbocycles. The third-order valence-electron chi connectivity index (χ3n) is 5.96. The van der Waals surface area contributed by atoms with Crippen LogP contribution in [0.15, 0.2) is 24.3 Å². The average Bonchev–Trinajstić information content (AvgIpc) is 3.04. The van der Waals surface area contributed by atoms with Crippen molar-refractivity contribution >= 4 is 5.91 Å². The highest BCUT2D eigenvalue weighted by Gasteiger charge is 2.29. The monoisotopic (exact) mass is 385 g/mol. The Bertz CT molecular complexity index is 819. The van der Waals surface area contributed by atoms with Gasteiger partial charge in [-0.3, -0.25) is 4.79 Å². The quantitative estimate of drug-likeness (QED) is 0.810. The van der Waals surface area contributed by atoms with Crippen molar-refractivity contribution < 1.29 is 9.18 Å². The van der Waals surface area contributed by atoms with Gasteiger partial charge in [0.2, 0.25) is 5.91 Å². The van der Waals surface area contributed by atoms with Gasteiger partial charge in [-0.2, -0.15) is 0 Å². The van der Waals surface area contributed by atoms with Gasteiger partial charge in [0.25, 0.3) is 0 Å². The van der Waals surface area contributed by atoms with E-state index in [0.717, 1.165) is 69.2 Å². The zero-order valence-corrected chi connectivity index (χ0v) is 16.5. The lowest BCUT2D eigenvalue weighted by molar-refractivity contribution is -0.132. The summed E-state index contributed by atoms with van der Waals surface area (Å²) in [6, 6.07) is 6.41. The summed E-state index contributed by atoms with van der Waals surface area (Å²) in [5.74, 6) is 2.30. The van der Waals surface area contributed by atoms with E-state index in [1.54, 1.807) is 12.1 Å². The Morgan fingerprint density at radius 3 is 2.79 bits per heavy atom. The van der Waals surface area contributed by atoms with Crippen LogP contribution in [0.1, 0.15) is 42.4 Å². The van der Waals surface area contributed by atoms with Crippen LogP contribution in [0, 0.1) is 5.82 Å². The fourth-order valence-corrected chi connectivity index (χ4v) is 4.23. The molecule has 1 atom stereocenters. The molecule has 1 aromatic heterocycles. The van der Waals surface area contributed by atoms with Crippen molar-refractivity contribution in [3.8, 4) is 0 Å². The van der Waals surface area contributed by atoms with Crippen LogP contribution >= 0.6 is 0 Å². The standard InChI is InChI=1S/C21H28FN5O/c1-25-12-10-19-23-24-21(27(19)14-13-25)17-3-2-11-26(15-17)20(28)9-6-16-4-7-18(22)8-5-16/h4-5,7-8,17H,2-3,6,9-15H2,1H3. The maximum absolute atomic E-state index is 13.0. The van der Waals surface area contributed by atoms with Crippen LogP contribution in [0.3, 0.4) is 0 Å². The first-order chi connectivity index (χ1) is 13.6. The number of aryl methyl sites for hydroxylation is 1. The van der Waals surface area contributed by atoms with E-state index >= 15 is 0 Å². The van der Waals surface area contributed by atoms with Crippen molar-refractivity contribution in [1.29, 1.82) is 0 Å². The summed E-state index contributed by atoms with van der Waals surface area (Å²) in [4.78, 5) is 17.0. The summed E-state index contributed by atoms with van der Waals surface area (Å²) in [7, 11) is 2.14. The summed E-state index contributed by atoms with van der Waals surface area (Å²) in [5, 5.41) is 8.94. The zero-order valence-electron chi connectivity index (χ0n) is 16.5. The van der Waals surface area contributed by atoms with Crippen molar-refractivity contribution in [2.45, 2.75) is 44.6 Å².